The van der Waals surface area contributed by atoms with Gasteiger partial charge in [0.25, 0.3) is 15.7 Å². The molecular weight excluding hydrogens is 406 g/mol. The number of aliphatic hydroxyl groups excluding tert-OH is 1. The largest absolute Gasteiger partial charge is 0.390 e. The molecule has 9 heteroatoms. The van der Waals surface area contributed by atoms with Crippen LogP contribution in [0.25, 0.3) is 0 Å². The second-order valence-electron chi connectivity index (χ2n) is 7.64. The molecule has 162 valence electrons. The van der Waals surface area contributed by atoms with Crippen molar-refractivity contribution in [2.75, 3.05) is 30.5 Å². The van der Waals surface area contributed by atoms with Gasteiger partial charge in [-0.15, -0.1) is 0 Å². The van der Waals surface area contributed by atoms with E-state index in [4.69, 9.17) is 0 Å². The lowest BCUT2D eigenvalue weighted by atomic mass is 10.1. The Kier molecular flexibility index (Phi) is 7.06. The summed E-state index contributed by atoms with van der Waals surface area (Å²) in [5, 5.41) is 21.9. The van der Waals surface area contributed by atoms with Crippen LogP contribution in [-0.4, -0.2) is 55.6 Å². The molecule has 1 N–H and O–H groups in total. The summed E-state index contributed by atoms with van der Waals surface area (Å²) in [5.74, 6) is 0. The van der Waals surface area contributed by atoms with Crippen molar-refractivity contribution >= 4 is 21.4 Å². The number of nitrogens with zero attached hydrogens (tertiary/aromatic N) is 3. The lowest BCUT2D eigenvalue weighted by Gasteiger charge is -2.31. The Balaban J connectivity index is 1.92. The van der Waals surface area contributed by atoms with Crippen LogP contribution in [0.5, 0.6) is 0 Å². The molecule has 1 aliphatic heterocycles. The molecule has 0 unspecified atom stereocenters. The predicted octanol–water partition coefficient (Wildman–Crippen LogP) is 2.95. The number of sulfonamides is 1. The number of piperidine rings is 1. The summed E-state index contributed by atoms with van der Waals surface area (Å²) in [4.78, 5) is 12.8. The van der Waals surface area contributed by atoms with E-state index in [1.165, 1.54) is 36.4 Å². The molecule has 0 amide bonds. The highest BCUT2D eigenvalue weighted by Gasteiger charge is 2.29. The highest BCUT2D eigenvalue weighted by Crippen LogP contribution is 2.27. The van der Waals surface area contributed by atoms with Gasteiger partial charge in [0.1, 0.15) is 0 Å². The van der Waals surface area contributed by atoms with Crippen LogP contribution in [0.1, 0.15) is 24.8 Å². The Hall–Kier alpha value is -2.49. The summed E-state index contributed by atoms with van der Waals surface area (Å²) in [7, 11) is -4.02. The third-order valence-electron chi connectivity index (χ3n) is 5.23. The zero-order valence-electron chi connectivity index (χ0n) is 17.0. The molecule has 0 aliphatic carbocycles. The summed E-state index contributed by atoms with van der Waals surface area (Å²) in [6.45, 7) is 3.77. The van der Waals surface area contributed by atoms with Gasteiger partial charge in [0, 0.05) is 18.7 Å². The normalized spacial score (nSPS) is 16.2. The van der Waals surface area contributed by atoms with Gasteiger partial charge in [-0.2, -0.15) is 0 Å². The molecule has 1 fully saturated rings. The summed E-state index contributed by atoms with van der Waals surface area (Å²) in [6.07, 6.45) is 2.35. The van der Waals surface area contributed by atoms with Crippen LogP contribution in [-0.2, 0) is 10.0 Å². The first-order chi connectivity index (χ1) is 14.3. The van der Waals surface area contributed by atoms with Crippen LogP contribution in [0.4, 0.5) is 11.4 Å². The van der Waals surface area contributed by atoms with Gasteiger partial charge in [-0.3, -0.25) is 14.4 Å². The van der Waals surface area contributed by atoms with Gasteiger partial charge < -0.3 is 10.0 Å². The summed E-state index contributed by atoms with van der Waals surface area (Å²) in [6, 6.07) is 11.9. The Morgan fingerprint density at radius 2 is 1.80 bits per heavy atom. The van der Waals surface area contributed by atoms with Crippen molar-refractivity contribution in [2.45, 2.75) is 37.2 Å². The van der Waals surface area contributed by atoms with Crippen molar-refractivity contribution in [3.05, 3.63) is 64.2 Å². The maximum Gasteiger partial charge on any atom is 0.271 e. The number of likely N-dealkylation sites (tertiary alicyclic amines) is 1. The lowest BCUT2D eigenvalue weighted by molar-refractivity contribution is -0.384. The van der Waals surface area contributed by atoms with Crippen LogP contribution in [0, 0.1) is 17.0 Å². The number of nitro benzene ring substituents is 1. The molecule has 1 atom stereocenters. The zero-order chi connectivity index (χ0) is 21.7. The Morgan fingerprint density at radius 3 is 2.43 bits per heavy atom. The van der Waals surface area contributed by atoms with Gasteiger partial charge in [0.05, 0.1) is 28.2 Å². The molecule has 1 heterocycles. The summed E-state index contributed by atoms with van der Waals surface area (Å²) < 4.78 is 27.8. The average Bonchev–Trinajstić information content (AvgIpc) is 2.73. The second kappa shape index (κ2) is 9.55. The Morgan fingerprint density at radius 1 is 1.13 bits per heavy atom. The minimum atomic E-state index is -4.02. The van der Waals surface area contributed by atoms with E-state index in [2.05, 4.69) is 4.90 Å². The van der Waals surface area contributed by atoms with Gasteiger partial charge >= 0.3 is 0 Å². The number of rotatable bonds is 8. The maximum atomic E-state index is 13.4. The van der Waals surface area contributed by atoms with E-state index in [9.17, 15) is 23.6 Å². The standard InChI is InChI=1S/C21H27N3O5S/c1-17-8-10-21(11-9-17)30(28,29)23(18-6-5-7-19(14-18)24(26)27)16-20(25)15-22-12-3-2-4-13-22/h5-11,14,20,25H,2-4,12-13,15-16H2,1H3/t20-/m1/s1. The first-order valence-electron chi connectivity index (χ1n) is 10.0. The first kappa shape index (κ1) is 22.2. The van der Waals surface area contributed by atoms with Crippen molar-refractivity contribution in [3.63, 3.8) is 0 Å². The first-order valence-corrected chi connectivity index (χ1v) is 11.5. The maximum absolute atomic E-state index is 13.4. The average molecular weight is 434 g/mol. The fourth-order valence-corrected chi connectivity index (χ4v) is 5.12. The van der Waals surface area contributed by atoms with Crippen molar-refractivity contribution in [2.24, 2.45) is 0 Å². The minimum Gasteiger partial charge on any atom is -0.390 e. The molecule has 0 bridgehead atoms. The highest BCUT2D eigenvalue weighted by molar-refractivity contribution is 7.92. The van der Waals surface area contributed by atoms with Crippen LogP contribution in [0.2, 0.25) is 0 Å². The van der Waals surface area contributed by atoms with E-state index in [0.29, 0.717) is 6.54 Å². The molecular formula is C21H27N3O5S. The Bertz CT molecular complexity index is 972. The molecule has 8 nitrogen and oxygen atoms in total. The van der Waals surface area contributed by atoms with Gasteiger partial charge in [0.15, 0.2) is 0 Å². The number of benzene rings is 2. The summed E-state index contributed by atoms with van der Waals surface area (Å²) in [5.41, 5.74) is 0.866. The molecule has 30 heavy (non-hydrogen) atoms. The number of β-amino-alcohol motifs (C(OH)–C–C–N with tert-alkyl or cyclic N) is 1. The van der Waals surface area contributed by atoms with Crippen LogP contribution in [0.15, 0.2) is 53.4 Å². The highest BCUT2D eigenvalue weighted by atomic mass is 32.2. The zero-order valence-corrected chi connectivity index (χ0v) is 17.8. The molecule has 0 aromatic heterocycles. The number of anilines is 1. The van der Waals surface area contributed by atoms with Crippen LogP contribution < -0.4 is 4.31 Å². The molecule has 2 aromatic rings. The molecule has 0 spiro atoms. The van der Waals surface area contributed by atoms with Crippen molar-refractivity contribution in [1.82, 2.24) is 4.90 Å². The number of aliphatic hydroxyl groups is 1. The van der Waals surface area contributed by atoms with E-state index in [0.717, 1.165) is 42.2 Å². The Labute approximate surface area is 176 Å². The molecule has 0 saturated carbocycles. The molecule has 0 radical (unpaired) electrons. The summed E-state index contributed by atoms with van der Waals surface area (Å²) >= 11 is 0. The number of non-ortho nitro benzene ring substituents is 1. The van der Waals surface area contributed by atoms with E-state index < -0.39 is 21.1 Å². The fourth-order valence-electron chi connectivity index (χ4n) is 3.63. The van der Waals surface area contributed by atoms with E-state index in [1.54, 1.807) is 12.1 Å². The van der Waals surface area contributed by atoms with Gasteiger partial charge in [-0.25, -0.2) is 8.42 Å². The number of aryl methyl sites for hydroxylation is 1. The van der Waals surface area contributed by atoms with E-state index in [1.807, 2.05) is 6.92 Å². The van der Waals surface area contributed by atoms with Crippen molar-refractivity contribution in [1.29, 1.82) is 0 Å². The number of hydrogen-bond donors (Lipinski definition) is 1. The number of hydrogen-bond acceptors (Lipinski definition) is 6. The third-order valence-corrected chi connectivity index (χ3v) is 7.04. The lowest BCUT2D eigenvalue weighted by Crippen LogP contribution is -2.44. The van der Waals surface area contributed by atoms with Gasteiger partial charge in [0.2, 0.25) is 0 Å². The molecule has 2 aromatic carbocycles. The van der Waals surface area contributed by atoms with Crippen LogP contribution >= 0.6 is 0 Å². The van der Waals surface area contributed by atoms with E-state index >= 15 is 0 Å². The molecule has 1 aliphatic rings. The van der Waals surface area contributed by atoms with Crippen LogP contribution in [0.3, 0.4) is 0 Å². The van der Waals surface area contributed by atoms with Gasteiger partial charge in [-0.1, -0.05) is 30.2 Å². The smallest absolute Gasteiger partial charge is 0.271 e. The number of nitro groups is 1. The van der Waals surface area contributed by atoms with Gasteiger partial charge in [-0.05, 0) is 51.1 Å². The second-order valence-corrected chi connectivity index (χ2v) is 9.50. The quantitative estimate of drug-likeness (QED) is 0.507. The SMILES string of the molecule is Cc1ccc(S(=O)(=O)N(C[C@H](O)CN2CCCCC2)c2cccc([N+](=O)[O-])c2)cc1. The third kappa shape index (κ3) is 5.35. The topological polar surface area (TPSA) is 104 Å². The molecule has 1 saturated heterocycles. The van der Waals surface area contributed by atoms with Crippen molar-refractivity contribution in [3.8, 4) is 0 Å². The monoisotopic (exact) mass is 433 g/mol. The fraction of sp³-hybridized carbons (Fsp3) is 0.429. The predicted molar refractivity (Wildman–Crippen MR) is 115 cm³/mol. The van der Waals surface area contributed by atoms with Crippen molar-refractivity contribution < 1.29 is 18.4 Å². The minimum absolute atomic E-state index is 0.0739. The van der Waals surface area contributed by atoms with E-state index in [-0.39, 0.29) is 22.8 Å². The molecule has 3 rings (SSSR count).